The van der Waals surface area contributed by atoms with Crippen molar-refractivity contribution in [1.82, 2.24) is 5.32 Å². The summed E-state index contributed by atoms with van der Waals surface area (Å²) in [6.45, 7) is 8.99. The molecular formula is C15H23NO. The Balaban J connectivity index is 2.63. The van der Waals surface area contributed by atoms with Gasteiger partial charge in [0, 0.05) is 0 Å². The van der Waals surface area contributed by atoms with Gasteiger partial charge in [-0.25, -0.2) is 0 Å². The van der Waals surface area contributed by atoms with Crippen molar-refractivity contribution in [2.45, 2.75) is 32.7 Å². The molecular weight excluding hydrogens is 210 g/mol. The molecule has 0 spiro atoms. The van der Waals surface area contributed by atoms with Crippen LogP contribution in [0.25, 0.3) is 0 Å². The van der Waals surface area contributed by atoms with E-state index in [0.29, 0.717) is 0 Å². The van der Waals surface area contributed by atoms with Crippen LogP contribution in [0.2, 0.25) is 0 Å². The molecule has 0 aliphatic carbocycles. The molecule has 0 saturated carbocycles. The van der Waals surface area contributed by atoms with Crippen molar-refractivity contribution >= 4 is 0 Å². The molecule has 1 aromatic rings. The van der Waals surface area contributed by atoms with Gasteiger partial charge in [0.2, 0.25) is 0 Å². The number of benzene rings is 1. The Bertz CT molecular complexity index is 342. The van der Waals surface area contributed by atoms with Crippen LogP contribution >= 0.6 is 0 Å². The van der Waals surface area contributed by atoms with E-state index in [2.05, 4.69) is 31.0 Å². The van der Waals surface area contributed by atoms with E-state index in [0.717, 1.165) is 30.8 Å². The van der Waals surface area contributed by atoms with Crippen LogP contribution in [-0.2, 0) is 0 Å². The Morgan fingerprint density at radius 2 is 2.00 bits per heavy atom. The summed E-state index contributed by atoms with van der Waals surface area (Å²) in [6.07, 6.45) is 2.27. The highest BCUT2D eigenvalue weighted by molar-refractivity contribution is 5.32. The first kappa shape index (κ1) is 13.8. The van der Waals surface area contributed by atoms with E-state index in [1.807, 2.05) is 26.1 Å². The van der Waals surface area contributed by atoms with E-state index >= 15 is 0 Å². The Kier molecular flexibility index (Phi) is 5.78. The fourth-order valence-corrected chi connectivity index (χ4v) is 1.79. The second-order valence-electron chi connectivity index (χ2n) is 4.34. The van der Waals surface area contributed by atoms with E-state index in [4.69, 9.17) is 4.74 Å². The molecule has 0 aliphatic heterocycles. The minimum atomic E-state index is 0.222. The molecule has 0 aromatic heterocycles. The van der Waals surface area contributed by atoms with Crippen molar-refractivity contribution in [3.63, 3.8) is 0 Å². The predicted octanol–water partition coefficient (Wildman–Crippen LogP) is 3.70. The topological polar surface area (TPSA) is 21.3 Å². The lowest BCUT2D eigenvalue weighted by Gasteiger charge is -2.17. The van der Waals surface area contributed by atoms with Crippen LogP contribution in [0.3, 0.4) is 0 Å². The second-order valence-corrected chi connectivity index (χ2v) is 4.34. The SMILES string of the molecule is C=C(C)C(NC)c1ccc(OCCCC)cc1. The summed E-state index contributed by atoms with van der Waals surface area (Å²) in [5.74, 6) is 0.943. The largest absolute Gasteiger partial charge is 0.494 e. The average molecular weight is 233 g/mol. The number of ether oxygens (including phenoxy) is 1. The number of rotatable bonds is 7. The molecule has 1 aromatic carbocycles. The number of nitrogens with one attached hydrogen (secondary N) is 1. The van der Waals surface area contributed by atoms with Gasteiger partial charge in [0.25, 0.3) is 0 Å². The number of likely N-dealkylation sites (N-methyl/N-ethyl adjacent to an activating group) is 1. The standard InChI is InChI=1S/C15H23NO/c1-5-6-11-17-14-9-7-13(8-10-14)15(16-4)12(2)3/h7-10,15-16H,2,5-6,11H2,1,3-4H3. The molecule has 1 unspecified atom stereocenters. The van der Waals surface area contributed by atoms with Crippen molar-refractivity contribution in [3.05, 3.63) is 42.0 Å². The van der Waals surface area contributed by atoms with Gasteiger partial charge >= 0.3 is 0 Å². The Morgan fingerprint density at radius 3 is 2.47 bits per heavy atom. The Morgan fingerprint density at radius 1 is 1.35 bits per heavy atom. The molecule has 1 rings (SSSR count). The lowest BCUT2D eigenvalue weighted by Crippen LogP contribution is -2.16. The fourth-order valence-electron chi connectivity index (χ4n) is 1.79. The highest BCUT2D eigenvalue weighted by Gasteiger charge is 2.09. The molecule has 0 saturated heterocycles. The maximum atomic E-state index is 5.63. The van der Waals surface area contributed by atoms with Crippen molar-refractivity contribution in [2.24, 2.45) is 0 Å². The lowest BCUT2D eigenvalue weighted by molar-refractivity contribution is 0.309. The minimum Gasteiger partial charge on any atom is -0.494 e. The fraction of sp³-hybridized carbons (Fsp3) is 0.467. The van der Waals surface area contributed by atoms with Crippen LogP contribution in [0.15, 0.2) is 36.4 Å². The summed E-state index contributed by atoms with van der Waals surface area (Å²) in [5.41, 5.74) is 2.34. The molecule has 2 heteroatoms. The van der Waals surface area contributed by atoms with Crippen molar-refractivity contribution in [3.8, 4) is 5.75 Å². The molecule has 0 aliphatic rings. The second kappa shape index (κ2) is 7.13. The van der Waals surface area contributed by atoms with E-state index in [1.165, 1.54) is 5.56 Å². The first-order valence-corrected chi connectivity index (χ1v) is 6.24. The van der Waals surface area contributed by atoms with Gasteiger partial charge in [-0.3, -0.25) is 0 Å². The summed E-state index contributed by atoms with van der Waals surface area (Å²) in [7, 11) is 1.95. The van der Waals surface area contributed by atoms with E-state index < -0.39 is 0 Å². The first-order valence-electron chi connectivity index (χ1n) is 6.24. The van der Waals surface area contributed by atoms with E-state index in [1.54, 1.807) is 0 Å². The normalized spacial score (nSPS) is 12.2. The van der Waals surface area contributed by atoms with Crippen LogP contribution in [0.1, 0.15) is 38.3 Å². The molecule has 2 nitrogen and oxygen atoms in total. The van der Waals surface area contributed by atoms with Gasteiger partial charge in [0.05, 0.1) is 12.6 Å². The summed E-state index contributed by atoms with van der Waals surface area (Å²) in [6, 6.07) is 8.46. The average Bonchev–Trinajstić information content (AvgIpc) is 2.32. The van der Waals surface area contributed by atoms with Crippen LogP contribution in [0, 0.1) is 0 Å². The first-order chi connectivity index (χ1) is 8.19. The third kappa shape index (κ3) is 4.23. The zero-order chi connectivity index (χ0) is 12.7. The summed E-state index contributed by atoms with van der Waals surface area (Å²) < 4.78 is 5.63. The maximum absolute atomic E-state index is 5.63. The highest BCUT2D eigenvalue weighted by atomic mass is 16.5. The van der Waals surface area contributed by atoms with Gasteiger partial charge < -0.3 is 10.1 Å². The quantitative estimate of drug-likeness (QED) is 0.572. The Hall–Kier alpha value is -1.28. The predicted molar refractivity (Wildman–Crippen MR) is 73.5 cm³/mol. The van der Waals surface area contributed by atoms with Crippen LogP contribution in [-0.4, -0.2) is 13.7 Å². The minimum absolute atomic E-state index is 0.222. The van der Waals surface area contributed by atoms with Gasteiger partial charge in [0.15, 0.2) is 0 Å². The third-order valence-corrected chi connectivity index (χ3v) is 2.76. The Labute approximate surface area is 105 Å². The van der Waals surface area contributed by atoms with E-state index in [9.17, 15) is 0 Å². The monoisotopic (exact) mass is 233 g/mol. The van der Waals surface area contributed by atoms with Gasteiger partial charge in [-0.05, 0) is 38.1 Å². The maximum Gasteiger partial charge on any atom is 0.119 e. The third-order valence-electron chi connectivity index (χ3n) is 2.76. The molecule has 0 amide bonds. The summed E-state index contributed by atoms with van der Waals surface area (Å²) in [5, 5.41) is 3.25. The summed E-state index contributed by atoms with van der Waals surface area (Å²) in [4.78, 5) is 0. The zero-order valence-corrected chi connectivity index (χ0v) is 11.1. The summed E-state index contributed by atoms with van der Waals surface area (Å²) >= 11 is 0. The highest BCUT2D eigenvalue weighted by Crippen LogP contribution is 2.22. The van der Waals surface area contributed by atoms with Gasteiger partial charge in [-0.2, -0.15) is 0 Å². The molecule has 0 bridgehead atoms. The van der Waals surface area contributed by atoms with E-state index in [-0.39, 0.29) is 6.04 Å². The molecule has 0 fully saturated rings. The van der Waals surface area contributed by atoms with Crippen molar-refractivity contribution < 1.29 is 4.74 Å². The lowest BCUT2D eigenvalue weighted by atomic mass is 10.0. The van der Waals surface area contributed by atoms with Gasteiger partial charge in [-0.1, -0.05) is 37.6 Å². The molecule has 17 heavy (non-hydrogen) atoms. The smallest absolute Gasteiger partial charge is 0.119 e. The molecule has 0 radical (unpaired) electrons. The van der Waals surface area contributed by atoms with Crippen LogP contribution < -0.4 is 10.1 Å². The molecule has 94 valence electrons. The van der Waals surface area contributed by atoms with Crippen LogP contribution in [0.4, 0.5) is 0 Å². The number of hydrogen-bond donors (Lipinski definition) is 1. The van der Waals surface area contributed by atoms with Gasteiger partial charge in [-0.15, -0.1) is 0 Å². The van der Waals surface area contributed by atoms with Crippen LogP contribution in [0.5, 0.6) is 5.75 Å². The molecule has 0 heterocycles. The van der Waals surface area contributed by atoms with Crippen molar-refractivity contribution in [2.75, 3.05) is 13.7 Å². The number of hydrogen-bond acceptors (Lipinski definition) is 2. The zero-order valence-electron chi connectivity index (χ0n) is 11.1. The molecule has 1 N–H and O–H groups in total. The number of unbranched alkanes of at least 4 members (excludes halogenated alkanes) is 1. The molecule has 1 atom stereocenters. The van der Waals surface area contributed by atoms with Crippen molar-refractivity contribution in [1.29, 1.82) is 0 Å². The van der Waals surface area contributed by atoms with Gasteiger partial charge in [0.1, 0.15) is 5.75 Å².